The highest BCUT2D eigenvalue weighted by Crippen LogP contribution is 2.08. The van der Waals surface area contributed by atoms with Gasteiger partial charge in [-0.2, -0.15) is 0 Å². The van der Waals surface area contributed by atoms with Crippen LogP contribution in [0.5, 0.6) is 0 Å². The lowest BCUT2D eigenvalue weighted by molar-refractivity contribution is 0.122. The highest BCUT2D eigenvalue weighted by Gasteiger charge is 2.21. The average molecular weight is 235 g/mol. The molecule has 0 amide bonds. The Hall–Kier alpha value is -1.20. The molecule has 94 valence electrons. The quantitative estimate of drug-likeness (QED) is 0.824. The number of piperazine rings is 1. The highest BCUT2D eigenvalue weighted by atomic mass is 15.3. The van der Waals surface area contributed by atoms with Gasteiger partial charge in [0.15, 0.2) is 0 Å². The Morgan fingerprint density at radius 1 is 1.41 bits per heavy atom. The van der Waals surface area contributed by atoms with Gasteiger partial charge in [-0.1, -0.05) is 0 Å². The first-order valence-electron chi connectivity index (χ1n) is 6.07. The summed E-state index contributed by atoms with van der Waals surface area (Å²) in [6, 6.07) is 2.46. The van der Waals surface area contributed by atoms with Crippen LogP contribution < -0.4 is 5.32 Å². The summed E-state index contributed by atoms with van der Waals surface area (Å²) in [5, 5.41) is 3.39. The summed E-state index contributed by atoms with van der Waals surface area (Å²) < 4.78 is 0. The summed E-state index contributed by atoms with van der Waals surface area (Å²) in [5.74, 6) is 1.73. The van der Waals surface area contributed by atoms with E-state index >= 15 is 0 Å². The van der Waals surface area contributed by atoms with E-state index in [4.69, 9.17) is 0 Å². The van der Waals surface area contributed by atoms with E-state index < -0.39 is 0 Å². The van der Waals surface area contributed by atoms with Gasteiger partial charge in [-0.25, -0.2) is 9.97 Å². The van der Waals surface area contributed by atoms with Gasteiger partial charge >= 0.3 is 0 Å². The van der Waals surface area contributed by atoms with Crippen molar-refractivity contribution in [3.8, 4) is 0 Å². The molecule has 17 heavy (non-hydrogen) atoms. The molecule has 1 atom stereocenters. The second kappa shape index (κ2) is 5.42. The van der Waals surface area contributed by atoms with Crippen LogP contribution in [0, 0.1) is 6.92 Å². The molecule has 1 aromatic rings. The first kappa shape index (κ1) is 12.3. The van der Waals surface area contributed by atoms with Crippen molar-refractivity contribution in [3.63, 3.8) is 0 Å². The molecule has 1 saturated heterocycles. The number of aryl methyl sites for hydroxylation is 1. The van der Waals surface area contributed by atoms with Gasteiger partial charge in [0.2, 0.25) is 0 Å². The Bertz CT molecular complexity index is 368. The van der Waals surface area contributed by atoms with E-state index in [1.165, 1.54) is 0 Å². The maximum absolute atomic E-state index is 4.35. The molecule has 1 aliphatic rings. The fourth-order valence-corrected chi connectivity index (χ4v) is 2.10. The van der Waals surface area contributed by atoms with Gasteiger partial charge in [0, 0.05) is 38.4 Å². The third-order valence-corrected chi connectivity index (χ3v) is 3.28. The Morgan fingerprint density at radius 2 is 2.24 bits per heavy atom. The van der Waals surface area contributed by atoms with Crippen molar-refractivity contribution in [3.05, 3.63) is 18.1 Å². The Kier molecular flexibility index (Phi) is 3.91. The third-order valence-electron chi connectivity index (χ3n) is 3.28. The van der Waals surface area contributed by atoms with Gasteiger partial charge in [0.1, 0.15) is 11.6 Å². The molecule has 1 aliphatic heterocycles. The molecule has 0 radical (unpaired) electrons. The molecule has 1 fully saturated rings. The van der Waals surface area contributed by atoms with Crippen molar-refractivity contribution >= 4 is 5.82 Å². The molecule has 5 heteroatoms. The van der Waals surface area contributed by atoms with Crippen LogP contribution in [0.3, 0.4) is 0 Å². The number of hydrogen-bond donors (Lipinski definition) is 1. The molecule has 0 spiro atoms. The summed E-state index contributed by atoms with van der Waals surface area (Å²) in [6.07, 6.45) is 1.79. The van der Waals surface area contributed by atoms with Crippen LogP contribution in [0.2, 0.25) is 0 Å². The maximum Gasteiger partial charge on any atom is 0.129 e. The topological polar surface area (TPSA) is 44.3 Å². The predicted octanol–water partition coefficient (Wildman–Crippen LogP) is 0.443. The molecule has 2 heterocycles. The summed E-state index contributed by atoms with van der Waals surface area (Å²) in [6.45, 7) is 6.22. The maximum atomic E-state index is 4.35. The molecule has 1 unspecified atom stereocenters. The molecule has 1 N–H and O–H groups in total. The SMILES string of the molecule is Cc1nccc(NCC2CN(C)CCN2C)n1. The highest BCUT2D eigenvalue weighted by molar-refractivity contribution is 5.32. The van der Waals surface area contributed by atoms with Crippen LogP contribution >= 0.6 is 0 Å². The van der Waals surface area contributed by atoms with Crippen LogP contribution in [0.1, 0.15) is 5.82 Å². The number of aromatic nitrogens is 2. The third kappa shape index (κ3) is 3.38. The zero-order valence-corrected chi connectivity index (χ0v) is 10.8. The van der Waals surface area contributed by atoms with Crippen molar-refractivity contribution in [1.29, 1.82) is 0 Å². The Morgan fingerprint density at radius 3 is 3.00 bits per heavy atom. The molecular weight excluding hydrogens is 214 g/mol. The number of nitrogens with one attached hydrogen (secondary N) is 1. The molecule has 1 aromatic heterocycles. The van der Waals surface area contributed by atoms with Gasteiger partial charge in [-0.15, -0.1) is 0 Å². The Labute approximate surface area is 103 Å². The van der Waals surface area contributed by atoms with Crippen LogP contribution in [-0.4, -0.2) is 66.1 Å². The van der Waals surface area contributed by atoms with Gasteiger partial charge in [-0.05, 0) is 27.1 Å². The van der Waals surface area contributed by atoms with Crippen LogP contribution in [-0.2, 0) is 0 Å². The molecule has 0 bridgehead atoms. The van der Waals surface area contributed by atoms with Crippen molar-refractivity contribution in [2.75, 3.05) is 45.6 Å². The standard InChI is InChI=1S/C12H21N5/c1-10-13-5-4-12(15-10)14-8-11-9-16(2)6-7-17(11)3/h4-5,11H,6-9H2,1-3H3,(H,13,14,15). The summed E-state index contributed by atoms with van der Waals surface area (Å²) >= 11 is 0. The molecule has 2 rings (SSSR count). The molecule has 5 nitrogen and oxygen atoms in total. The minimum absolute atomic E-state index is 0.545. The number of hydrogen-bond acceptors (Lipinski definition) is 5. The smallest absolute Gasteiger partial charge is 0.129 e. The van der Waals surface area contributed by atoms with E-state index in [9.17, 15) is 0 Å². The van der Waals surface area contributed by atoms with Gasteiger partial charge in [-0.3, -0.25) is 4.90 Å². The monoisotopic (exact) mass is 235 g/mol. The normalized spacial score (nSPS) is 22.6. The molecular formula is C12H21N5. The van der Waals surface area contributed by atoms with Crippen LogP contribution in [0.4, 0.5) is 5.82 Å². The largest absolute Gasteiger partial charge is 0.368 e. The number of anilines is 1. The summed E-state index contributed by atoms with van der Waals surface area (Å²) in [5.41, 5.74) is 0. The number of likely N-dealkylation sites (N-methyl/N-ethyl adjacent to an activating group) is 2. The first-order valence-corrected chi connectivity index (χ1v) is 6.07. The van der Waals surface area contributed by atoms with E-state index in [2.05, 4.69) is 39.2 Å². The van der Waals surface area contributed by atoms with E-state index in [0.717, 1.165) is 37.8 Å². The molecule has 0 aliphatic carbocycles. The van der Waals surface area contributed by atoms with Crippen molar-refractivity contribution < 1.29 is 0 Å². The van der Waals surface area contributed by atoms with Crippen LogP contribution in [0.15, 0.2) is 12.3 Å². The zero-order valence-electron chi connectivity index (χ0n) is 10.8. The van der Waals surface area contributed by atoms with E-state index in [1.807, 2.05) is 13.0 Å². The lowest BCUT2D eigenvalue weighted by Gasteiger charge is -2.37. The second-order valence-corrected chi connectivity index (χ2v) is 4.77. The molecule has 0 aromatic carbocycles. The van der Waals surface area contributed by atoms with Gasteiger partial charge < -0.3 is 10.2 Å². The molecule has 0 saturated carbocycles. The second-order valence-electron chi connectivity index (χ2n) is 4.77. The van der Waals surface area contributed by atoms with Gasteiger partial charge in [0.25, 0.3) is 0 Å². The Balaban J connectivity index is 1.88. The lowest BCUT2D eigenvalue weighted by Crippen LogP contribution is -2.52. The fourth-order valence-electron chi connectivity index (χ4n) is 2.10. The summed E-state index contributed by atoms with van der Waals surface area (Å²) in [7, 11) is 4.36. The van der Waals surface area contributed by atoms with Crippen molar-refractivity contribution in [1.82, 2.24) is 19.8 Å². The number of rotatable bonds is 3. The van der Waals surface area contributed by atoms with E-state index in [0.29, 0.717) is 6.04 Å². The zero-order chi connectivity index (χ0) is 12.3. The van der Waals surface area contributed by atoms with E-state index in [1.54, 1.807) is 6.20 Å². The predicted molar refractivity (Wildman–Crippen MR) is 69.2 cm³/mol. The van der Waals surface area contributed by atoms with E-state index in [-0.39, 0.29) is 0 Å². The van der Waals surface area contributed by atoms with Crippen molar-refractivity contribution in [2.45, 2.75) is 13.0 Å². The summed E-state index contributed by atoms with van der Waals surface area (Å²) in [4.78, 5) is 13.2. The number of nitrogens with zero attached hydrogens (tertiary/aromatic N) is 4. The minimum Gasteiger partial charge on any atom is -0.368 e. The van der Waals surface area contributed by atoms with Gasteiger partial charge in [0.05, 0.1) is 0 Å². The minimum atomic E-state index is 0.545. The first-order chi connectivity index (χ1) is 8.15. The lowest BCUT2D eigenvalue weighted by atomic mass is 10.2. The average Bonchev–Trinajstić information content (AvgIpc) is 2.30. The van der Waals surface area contributed by atoms with Crippen molar-refractivity contribution in [2.24, 2.45) is 0 Å². The fraction of sp³-hybridized carbons (Fsp3) is 0.667. The van der Waals surface area contributed by atoms with Crippen LogP contribution in [0.25, 0.3) is 0 Å².